The Hall–Kier alpha value is -0.440. The highest BCUT2D eigenvalue weighted by Gasteiger charge is 2.15. The summed E-state index contributed by atoms with van der Waals surface area (Å²) in [4.78, 5) is 21.2. The zero-order chi connectivity index (χ0) is 11.8. The largest absolute Gasteiger partial charge is 0.480 e. The van der Waals surface area contributed by atoms with E-state index in [0.717, 1.165) is 0 Å². The van der Waals surface area contributed by atoms with E-state index in [1.165, 1.54) is 28.7 Å². The molecular formula is C7H14N2O4S2. The van der Waals surface area contributed by atoms with Crippen LogP contribution >= 0.6 is 21.6 Å². The minimum atomic E-state index is -1.04. The highest BCUT2D eigenvalue weighted by molar-refractivity contribution is 8.76. The molecule has 0 aliphatic rings. The summed E-state index contributed by atoms with van der Waals surface area (Å²) < 4.78 is 4.42. The van der Waals surface area contributed by atoms with E-state index in [9.17, 15) is 9.59 Å². The number of hydrogen-bond acceptors (Lipinski definition) is 7. The molecule has 2 atom stereocenters. The van der Waals surface area contributed by atoms with E-state index in [1.54, 1.807) is 0 Å². The summed E-state index contributed by atoms with van der Waals surface area (Å²) in [6, 6.07) is -1.58. The molecule has 0 bridgehead atoms. The fourth-order valence-electron chi connectivity index (χ4n) is 0.534. The normalized spacial score (nSPS) is 14.3. The van der Waals surface area contributed by atoms with Gasteiger partial charge in [-0.3, -0.25) is 9.59 Å². The van der Waals surface area contributed by atoms with E-state index in [4.69, 9.17) is 16.6 Å². The highest BCUT2D eigenvalue weighted by atomic mass is 33.1. The van der Waals surface area contributed by atoms with Gasteiger partial charge < -0.3 is 21.3 Å². The number of methoxy groups -OCH3 is 1. The van der Waals surface area contributed by atoms with Crippen LogP contribution in [0.1, 0.15) is 0 Å². The summed E-state index contributed by atoms with van der Waals surface area (Å²) in [7, 11) is 3.83. The van der Waals surface area contributed by atoms with Crippen molar-refractivity contribution in [3.05, 3.63) is 0 Å². The predicted octanol–water partition coefficient (Wildman–Crippen LogP) is -0.720. The fraction of sp³-hybridized carbons (Fsp3) is 0.714. The molecule has 0 saturated heterocycles. The minimum Gasteiger partial charge on any atom is -0.480 e. The molecule has 0 spiro atoms. The van der Waals surface area contributed by atoms with Crippen LogP contribution in [0.15, 0.2) is 0 Å². The van der Waals surface area contributed by atoms with Crippen molar-refractivity contribution < 1.29 is 19.4 Å². The maximum atomic E-state index is 10.9. The number of aliphatic carboxylic acids is 1. The smallest absolute Gasteiger partial charge is 0.323 e. The molecule has 6 nitrogen and oxygen atoms in total. The van der Waals surface area contributed by atoms with Crippen molar-refractivity contribution in [2.24, 2.45) is 11.5 Å². The third-order valence-corrected chi connectivity index (χ3v) is 3.87. The standard InChI is InChI=1S/C7H14N2O4S2/c1-13-7(12)5(9)3-15-14-2-4(8)6(10)11/h4-5H,2-3,8-9H2,1H3,(H,10,11)/t4-,5+/m0/s1. The molecule has 8 heteroatoms. The summed E-state index contributed by atoms with van der Waals surface area (Å²) in [6.45, 7) is 0. The van der Waals surface area contributed by atoms with Crippen LogP contribution in [-0.4, -0.2) is 47.7 Å². The van der Waals surface area contributed by atoms with Crippen LogP contribution in [0.2, 0.25) is 0 Å². The molecule has 15 heavy (non-hydrogen) atoms. The molecule has 0 saturated carbocycles. The first-order valence-corrected chi connectivity index (χ1v) is 6.54. The van der Waals surface area contributed by atoms with Gasteiger partial charge in [-0.1, -0.05) is 21.6 Å². The van der Waals surface area contributed by atoms with Gasteiger partial charge in [0.2, 0.25) is 0 Å². The van der Waals surface area contributed by atoms with E-state index in [2.05, 4.69) is 4.74 Å². The third kappa shape index (κ3) is 6.61. The lowest BCUT2D eigenvalue weighted by Crippen LogP contribution is -2.34. The quantitative estimate of drug-likeness (QED) is 0.310. The Labute approximate surface area is 95.5 Å². The van der Waals surface area contributed by atoms with Gasteiger partial charge in [-0.15, -0.1) is 0 Å². The van der Waals surface area contributed by atoms with Crippen molar-refractivity contribution >= 4 is 33.5 Å². The van der Waals surface area contributed by atoms with E-state index in [1.807, 2.05) is 0 Å². The maximum absolute atomic E-state index is 10.9. The van der Waals surface area contributed by atoms with Crippen LogP contribution in [0.25, 0.3) is 0 Å². The second-order valence-corrected chi connectivity index (χ2v) is 5.20. The Morgan fingerprint density at radius 3 is 2.13 bits per heavy atom. The molecule has 0 aliphatic heterocycles. The number of nitrogens with two attached hydrogens (primary N) is 2. The molecular weight excluding hydrogens is 240 g/mol. The number of esters is 1. The number of carboxylic acid groups (broad SMARTS) is 1. The SMILES string of the molecule is COC(=O)[C@H](N)CSSC[C@H](N)C(=O)O. The molecule has 0 amide bonds. The number of carbonyl (C=O) groups is 2. The van der Waals surface area contributed by atoms with Gasteiger partial charge in [0.25, 0.3) is 0 Å². The molecule has 0 heterocycles. The second-order valence-electron chi connectivity index (χ2n) is 2.64. The van der Waals surface area contributed by atoms with Crippen molar-refractivity contribution in [3.8, 4) is 0 Å². The third-order valence-electron chi connectivity index (χ3n) is 1.40. The Balaban J connectivity index is 3.54. The highest BCUT2D eigenvalue weighted by Crippen LogP contribution is 2.22. The first kappa shape index (κ1) is 14.6. The molecule has 0 aromatic rings. The predicted molar refractivity (Wildman–Crippen MR) is 60.5 cm³/mol. The molecule has 0 unspecified atom stereocenters. The lowest BCUT2D eigenvalue weighted by atomic mass is 10.4. The van der Waals surface area contributed by atoms with Gasteiger partial charge in [0, 0.05) is 11.5 Å². The molecule has 0 aromatic carbocycles. The Morgan fingerprint density at radius 2 is 1.73 bits per heavy atom. The Kier molecular flexibility index (Phi) is 7.57. The van der Waals surface area contributed by atoms with Crippen molar-refractivity contribution in [2.45, 2.75) is 12.1 Å². The number of rotatable bonds is 7. The van der Waals surface area contributed by atoms with Gasteiger partial charge in [0.15, 0.2) is 0 Å². The maximum Gasteiger partial charge on any atom is 0.323 e. The first-order valence-electron chi connectivity index (χ1n) is 4.05. The lowest BCUT2D eigenvalue weighted by molar-refractivity contribution is -0.141. The van der Waals surface area contributed by atoms with Crippen molar-refractivity contribution in [3.63, 3.8) is 0 Å². The summed E-state index contributed by atoms with van der Waals surface area (Å²) >= 11 is 0. The fourth-order valence-corrected chi connectivity index (χ4v) is 2.75. The molecule has 5 N–H and O–H groups in total. The molecule has 0 radical (unpaired) electrons. The monoisotopic (exact) mass is 254 g/mol. The van der Waals surface area contributed by atoms with Crippen LogP contribution in [0.4, 0.5) is 0 Å². The van der Waals surface area contributed by atoms with Gasteiger partial charge in [-0.05, 0) is 0 Å². The van der Waals surface area contributed by atoms with Crippen LogP contribution in [0.3, 0.4) is 0 Å². The lowest BCUT2D eigenvalue weighted by Gasteiger charge is -2.09. The van der Waals surface area contributed by atoms with Crippen molar-refractivity contribution in [1.29, 1.82) is 0 Å². The van der Waals surface area contributed by atoms with Gasteiger partial charge >= 0.3 is 11.9 Å². The molecule has 88 valence electrons. The number of hydrogen-bond donors (Lipinski definition) is 3. The molecule has 0 aromatic heterocycles. The average Bonchev–Trinajstić information content (AvgIpc) is 2.22. The van der Waals surface area contributed by atoms with Crippen LogP contribution in [0.5, 0.6) is 0 Å². The van der Waals surface area contributed by atoms with E-state index in [-0.39, 0.29) is 5.75 Å². The van der Waals surface area contributed by atoms with Gasteiger partial charge in [-0.2, -0.15) is 0 Å². The topological polar surface area (TPSA) is 116 Å². The van der Waals surface area contributed by atoms with Gasteiger partial charge in [0.05, 0.1) is 7.11 Å². The zero-order valence-corrected chi connectivity index (χ0v) is 9.85. The minimum absolute atomic E-state index is 0.272. The van der Waals surface area contributed by atoms with E-state index >= 15 is 0 Å². The summed E-state index contributed by atoms with van der Waals surface area (Å²) in [5, 5.41) is 8.47. The Morgan fingerprint density at radius 1 is 1.27 bits per heavy atom. The van der Waals surface area contributed by atoms with Crippen LogP contribution in [-0.2, 0) is 14.3 Å². The number of carboxylic acids is 1. The van der Waals surface area contributed by atoms with Gasteiger partial charge in [0.1, 0.15) is 12.1 Å². The average molecular weight is 254 g/mol. The first-order chi connectivity index (χ1) is 6.99. The Bertz CT molecular complexity index is 227. The second kappa shape index (κ2) is 7.80. The van der Waals surface area contributed by atoms with Crippen molar-refractivity contribution in [2.75, 3.05) is 18.6 Å². The zero-order valence-electron chi connectivity index (χ0n) is 8.21. The summed E-state index contributed by atoms with van der Waals surface area (Å²) in [5.74, 6) is -0.886. The summed E-state index contributed by atoms with van der Waals surface area (Å²) in [5.41, 5.74) is 10.7. The van der Waals surface area contributed by atoms with Gasteiger partial charge in [-0.25, -0.2) is 0 Å². The van der Waals surface area contributed by atoms with Crippen LogP contribution in [0, 0.1) is 0 Å². The van der Waals surface area contributed by atoms with E-state index in [0.29, 0.717) is 5.75 Å². The number of ether oxygens (including phenoxy) is 1. The molecule has 0 aliphatic carbocycles. The molecule has 0 rings (SSSR count). The molecule has 0 fully saturated rings. The summed E-state index contributed by atoms with van der Waals surface area (Å²) in [6.07, 6.45) is 0. The van der Waals surface area contributed by atoms with E-state index < -0.39 is 24.0 Å². The van der Waals surface area contributed by atoms with Crippen molar-refractivity contribution in [1.82, 2.24) is 0 Å². The van der Waals surface area contributed by atoms with Crippen LogP contribution < -0.4 is 11.5 Å². The number of carbonyl (C=O) groups excluding carboxylic acids is 1.